The van der Waals surface area contributed by atoms with Crippen LogP contribution in [0.25, 0.3) is 0 Å². The van der Waals surface area contributed by atoms with Crippen LogP contribution in [-0.4, -0.2) is 125 Å². The molecule has 12 nitrogen and oxygen atoms in total. The van der Waals surface area contributed by atoms with Crippen LogP contribution >= 0.6 is 11.6 Å². The highest BCUT2D eigenvalue weighted by Crippen LogP contribution is 2.23. The molecule has 3 heterocycles. The molecule has 1 atom stereocenters. The average Bonchev–Trinajstić information content (AvgIpc) is 3.11. The number of hydrogen-bond donors (Lipinski definition) is 2. The van der Waals surface area contributed by atoms with Gasteiger partial charge in [-0.15, -0.1) is 0 Å². The molecule has 6 amide bonds. The van der Waals surface area contributed by atoms with E-state index in [-0.39, 0.29) is 32.8 Å². The van der Waals surface area contributed by atoms with Gasteiger partial charge in [0.05, 0.1) is 13.2 Å². The van der Waals surface area contributed by atoms with E-state index in [9.17, 15) is 19.2 Å². The number of benzene rings is 1. The summed E-state index contributed by atoms with van der Waals surface area (Å²) in [4.78, 5) is 61.9. The van der Waals surface area contributed by atoms with E-state index in [2.05, 4.69) is 10.2 Å². The number of fused-ring (bicyclic) bond motifs is 1. The Bertz CT molecular complexity index is 954. The first kappa shape index (κ1) is 25.0. The van der Waals surface area contributed by atoms with E-state index in [1.165, 1.54) is 20.3 Å². The number of hydroxylamine groups is 2. The van der Waals surface area contributed by atoms with Crippen molar-refractivity contribution in [2.45, 2.75) is 12.5 Å². The topological polar surface area (TPSA) is 126 Å². The average molecular weight is 509 g/mol. The number of nitrogens with zero attached hydrogens (tertiary/aromatic N) is 5. The van der Waals surface area contributed by atoms with E-state index in [1.54, 1.807) is 0 Å². The summed E-state index contributed by atoms with van der Waals surface area (Å²) in [5, 5.41) is 12.6. The smallest absolute Gasteiger partial charge is 0.395 e. The maximum Gasteiger partial charge on any atom is 0.434 e. The molecule has 4 rings (SSSR count). The summed E-state index contributed by atoms with van der Waals surface area (Å²) in [6.45, 7) is 3.23. The second-order valence-corrected chi connectivity index (χ2v) is 9.02. The highest BCUT2D eigenvalue weighted by atomic mass is 35.5. The van der Waals surface area contributed by atoms with Crippen molar-refractivity contribution in [3.63, 3.8) is 0 Å². The number of urea groups is 2. The molecule has 190 valence electrons. The van der Waals surface area contributed by atoms with Gasteiger partial charge < -0.3 is 30.0 Å². The number of halogens is 1. The fourth-order valence-corrected chi connectivity index (χ4v) is 4.47. The summed E-state index contributed by atoms with van der Waals surface area (Å²) in [5.41, 5.74) is 1.18. The first-order chi connectivity index (χ1) is 16.9. The number of hydrogen-bond acceptors (Lipinski definition) is 7. The third-order valence-corrected chi connectivity index (χ3v) is 6.64. The SMILES string of the molecule is O=C(NCCO)N1CCN2C(=O)N(OC(=O)N3CCN(CCc4ccc(Cl)cc4)CC3)C(=O)C2C1. The number of aliphatic hydroxyl groups is 1. The third kappa shape index (κ3) is 5.77. The lowest BCUT2D eigenvalue weighted by Gasteiger charge is -2.35. The van der Waals surface area contributed by atoms with Gasteiger partial charge in [0.1, 0.15) is 6.04 Å². The normalized spacial score (nSPS) is 20.8. The molecule has 1 aromatic rings. The van der Waals surface area contributed by atoms with Gasteiger partial charge in [0.25, 0.3) is 5.91 Å². The minimum absolute atomic E-state index is 0.0117. The maximum atomic E-state index is 12.8. The van der Waals surface area contributed by atoms with Crippen LogP contribution < -0.4 is 5.32 Å². The van der Waals surface area contributed by atoms with E-state index in [0.29, 0.717) is 36.3 Å². The largest absolute Gasteiger partial charge is 0.434 e. The summed E-state index contributed by atoms with van der Waals surface area (Å²) in [5.74, 6) is -0.676. The summed E-state index contributed by atoms with van der Waals surface area (Å²) in [6, 6.07) is 5.68. The van der Waals surface area contributed by atoms with Crippen molar-refractivity contribution in [1.29, 1.82) is 0 Å². The Morgan fingerprint density at radius 2 is 1.71 bits per heavy atom. The first-order valence-electron chi connectivity index (χ1n) is 11.6. The van der Waals surface area contributed by atoms with Crippen molar-refractivity contribution in [1.82, 2.24) is 30.0 Å². The summed E-state index contributed by atoms with van der Waals surface area (Å²) >= 11 is 5.92. The maximum absolute atomic E-state index is 12.8. The molecule has 3 aliphatic heterocycles. The van der Waals surface area contributed by atoms with Crippen LogP contribution in [0.15, 0.2) is 24.3 Å². The Morgan fingerprint density at radius 3 is 2.40 bits per heavy atom. The second kappa shape index (κ2) is 11.1. The lowest BCUT2D eigenvalue weighted by Crippen LogP contribution is -2.56. The van der Waals surface area contributed by atoms with Crippen molar-refractivity contribution >= 4 is 35.7 Å². The predicted molar refractivity (Wildman–Crippen MR) is 124 cm³/mol. The number of imide groups is 1. The molecule has 0 radical (unpaired) electrons. The Balaban J connectivity index is 1.24. The monoisotopic (exact) mass is 508 g/mol. The van der Waals surface area contributed by atoms with E-state index >= 15 is 0 Å². The van der Waals surface area contributed by atoms with Gasteiger partial charge in [-0.25, -0.2) is 14.4 Å². The standard InChI is InChI=1S/C22H29ClN6O6/c23-17-3-1-16(2-4-17)5-7-25-8-10-26(11-9-25)22(34)35-29-19(31)18-15-27(20(32)24-6-14-30)12-13-28(18)21(29)33/h1-4,18,30H,5-15H2,(H,24,32). The van der Waals surface area contributed by atoms with Gasteiger partial charge in [-0.3, -0.25) is 9.69 Å². The predicted octanol–water partition coefficient (Wildman–Crippen LogP) is 0.202. The Morgan fingerprint density at radius 1 is 1.03 bits per heavy atom. The first-order valence-corrected chi connectivity index (χ1v) is 12.0. The number of rotatable bonds is 6. The molecular weight excluding hydrogens is 480 g/mol. The highest BCUT2D eigenvalue weighted by molar-refractivity contribution is 6.30. The van der Waals surface area contributed by atoms with Crippen molar-refractivity contribution in [2.24, 2.45) is 0 Å². The van der Waals surface area contributed by atoms with Crippen LogP contribution in [0.2, 0.25) is 5.02 Å². The number of nitrogens with one attached hydrogen (secondary N) is 1. The van der Waals surface area contributed by atoms with Crippen LogP contribution in [0.1, 0.15) is 5.56 Å². The van der Waals surface area contributed by atoms with Gasteiger partial charge in [0.2, 0.25) is 0 Å². The van der Waals surface area contributed by atoms with Crippen LogP contribution in [-0.2, 0) is 16.1 Å². The zero-order chi connectivity index (χ0) is 24.9. The summed E-state index contributed by atoms with van der Waals surface area (Å²) in [6.07, 6.45) is 0.117. The van der Waals surface area contributed by atoms with Crippen LogP contribution in [0, 0.1) is 0 Å². The molecule has 3 aliphatic rings. The van der Waals surface area contributed by atoms with E-state index in [1.807, 2.05) is 24.3 Å². The number of piperazine rings is 2. The van der Waals surface area contributed by atoms with Crippen molar-refractivity contribution < 1.29 is 29.1 Å². The second-order valence-electron chi connectivity index (χ2n) is 8.59. The highest BCUT2D eigenvalue weighted by Gasteiger charge is 2.51. The lowest BCUT2D eigenvalue weighted by molar-refractivity contribution is -0.152. The molecule has 2 N–H and O–H groups in total. The van der Waals surface area contributed by atoms with Gasteiger partial charge in [-0.1, -0.05) is 28.8 Å². The molecule has 35 heavy (non-hydrogen) atoms. The molecule has 1 unspecified atom stereocenters. The van der Waals surface area contributed by atoms with Gasteiger partial charge in [-0.05, 0) is 24.1 Å². The summed E-state index contributed by atoms with van der Waals surface area (Å²) < 4.78 is 0. The molecule has 0 bridgehead atoms. The van der Waals surface area contributed by atoms with E-state index in [4.69, 9.17) is 21.5 Å². The number of carbonyl (C=O) groups excluding carboxylic acids is 4. The molecule has 0 aliphatic carbocycles. The van der Waals surface area contributed by atoms with Crippen molar-refractivity contribution in [2.75, 3.05) is 65.5 Å². The van der Waals surface area contributed by atoms with Gasteiger partial charge >= 0.3 is 18.2 Å². The third-order valence-electron chi connectivity index (χ3n) is 6.39. The number of carbonyl (C=O) groups is 4. The summed E-state index contributed by atoms with van der Waals surface area (Å²) in [7, 11) is 0. The fourth-order valence-electron chi connectivity index (χ4n) is 4.34. The quantitative estimate of drug-likeness (QED) is 0.526. The van der Waals surface area contributed by atoms with Crippen molar-refractivity contribution in [3.8, 4) is 0 Å². The molecule has 1 aromatic carbocycles. The zero-order valence-corrected chi connectivity index (χ0v) is 20.0. The number of amides is 6. The van der Waals surface area contributed by atoms with Gasteiger partial charge in [0.15, 0.2) is 0 Å². The molecule has 3 fully saturated rings. The van der Waals surface area contributed by atoms with E-state index in [0.717, 1.165) is 13.0 Å². The van der Waals surface area contributed by atoms with Crippen LogP contribution in [0.3, 0.4) is 0 Å². The van der Waals surface area contributed by atoms with Crippen LogP contribution in [0.4, 0.5) is 14.4 Å². The molecule has 13 heteroatoms. The Hall–Kier alpha value is -3.09. The van der Waals surface area contributed by atoms with Gasteiger partial charge in [0, 0.05) is 57.4 Å². The molecule has 0 spiro atoms. The molecule has 0 aromatic heterocycles. The molecular formula is C22H29ClN6O6. The van der Waals surface area contributed by atoms with E-state index < -0.39 is 30.1 Å². The fraction of sp³-hybridized carbons (Fsp3) is 0.545. The van der Waals surface area contributed by atoms with Gasteiger partial charge in [-0.2, -0.15) is 0 Å². The van der Waals surface area contributed by atoms with Crippen molar-refractivity contribution in [3.05, 3.63) is 34.9 Å². The molecule has 3 saturated heterocycles. The minimum atomic E-state index is -0.909. The molecule has 0 saturated carbocycles. The Kier molecular flexibility index (Phi) is 7.93. The van der Waals surface area contributed by atoms with Crippen LogP contribution in [0.5, 0.6) is 0 Å². The Labute approximate surface area is 207 Å². The minimum Gasteiger partial charge on any atom is -0.395 e. The zero-order valence-electron chi connectivity index (χ0n) is 19.3. The number of aliphatic hydroxyl groups excluding tert-OH is 1. The lowest BCUT2D eigenvalue weighted by atomic mass is 10.1.